The second-order valence-electron chi connectivity index (χ2n) is 13.9. The second-order valence-corrected chi connectivity index (χ2v) is 13.9. The normalized spacial score (nSPS) is 14.0. The number of nitrogens with zero attached hydrogens (tertiary/aromatic N) is 2. The summed E-state index contributed by atoms with van der Waals surface area (Å²) in [4.78, 5) is 5.13. The lowest BCUT2D eigenvalue weighted by atomic mass is 9.85. The fourth-order valence-electron chi connectivity index (χ4n) is 8.37. The Morgan fingerprint density at radius 1 is 0.415 bits per heavy atom. The molecule has 1 atom stereocenters. The molecule has 1 aliphatic heterocycles. The van der Waals surface area contributed by atoms with Crippen LogP contribution in [-0.4, -0.2) is 10.3 Å². The van der Waals surface area contributed by atoms with Crippen molar-refractivity contribution in [2.45, 2.75) is 5.92 Å². The molecule has 8 aromatic carbocycles. The Balaban J connectivity index is 0.965. The maximum absolute atomic E-state index is 6.37. The molecule has 0 spiro atoms. The van der Waals surface area contributed by atoms with Crippen LogP contribution in [-0.2, 0) is 0 Å². The molecule has 248 valence electrons. The monoisotopic (exact) mass is 676 g/mol. The van der Waals surface area contributed by atoms with Gasteiger partial charge in [0, 0.05) is 27.2 Å². The molecule has 0 N–H and O–H groups in total. The molecule has 0 bridgehead atoms. The van der Waals surface area contributed by atoms with Crippen LogP contribution in [0.15, 0.2) is 197 Å². The zero-order valence-corrected chi connectivity index (χ0v) is 28.8. The smallest absolute Gasteiger partial charge is 0.135 e. The highest BCUT2D eigenvalue weighted by atomic mass is 16.3. The van der Waals surface area contributed by atoms with Gasteiger partial charge in [-0.25, -0.2) is 0 Å². The zero-order chi connectivity index (χ0) is 34.9. The lowest BCUT2D eigenvalue weighted by Gasteiger charge is -2.16. The van der Waals surface area contributed by atoms with Crippen molar-refractivity contribution in [1.29, 1.82) is 0 Å². The van der Waals surface area contributed by atoms with Crippen LogP contribution < -0.4 is 0 Å². The van der Waals surface area contributed by atoms with Crippen molar-refractivity contribution < 1.29 is 4.42 Å². The van der Waals surface area contributed by atoms with E-state index in [2.05, 4.69) is 193 Å². The molecule has 10 aromatic rings. The molecule has 2 aromatic heterocycles. The molecule has 0 radical (unpaired) electrons. The Morgan fingerprint density at radius 2 is 0.962 bits per heavy atom. The summed E-state index contributed by atoms with van der Waals surface area (Å²) in [5.74, 6) is 0.115. The van der Waals surface area contributed by atoms with Crippen LogP contribution in [0, 0.1) is 0 Å². The Kier molecular flexibility index (Phi) is 6.62. The first kappa shape index (κ1) is 29.7. The Bertz CT molecular complexity index is 3040. The maximum Gasteiger partial charge on any atom is 0.135 e. The number of fused-ring (bicyclic) bond motifs is 7. The van der Waals surface area contributed by atoms with Gasteiger partial charge in [0.05, 0.1) is 28.4 Å². The van der Waals surface area contributed by atoms with E-state index in [0.717, 1.165) is 55.7 Å². The number of benzene rings is 8. The van der Waals surface area contributed by atoms with Crippen LogP contribution in [0.2, 0.25) is 0 Å². The molecule has 0 saturated heterocycles. The van der Waals surface area contributed by atoms with Gasteiger partial charge >= 0.3 is 0 Å². The van der Waals surface area contributed by atoms with E-state index in [-0.39, 0.29) is 5.92 Å². The van der Waals surface area contributed by atoms with Crippen LogP contribution >= 0.6 is 0 Å². The highest BCUT2D eigenvalue weighted by Crippen LogP contribution is 2.42. The molecule has 3 heteroatoms. The first-order chi connectivity index (χ1) is 26.3. The molecule has 53 heavy (non-hydrogen) atoms. The van der Waals surface area contributed by atoms with Gasteiger partial charge in [-0.3, -0.25) is 4.99 Å². The van der Waals surface area contributed by atoms with Crippen molar-refractivity contribution in [3.8, 4) is 27.9 Å². The minimum atomic E-state index is 0.115. The number of furan rings is 1. The number of para-hydroxylation sites is 3. The third-order valence-electron chi connectivity index (χ3n) is 10.9. The van der Waals surface area contributed by atoms with Gasteiger partial charge in [-0.05, 0) is 99.6 Å². The van der Waals surface area contributed by atoms with Gasteiger partial charge in [-0.2, -0.15) is 0 Å². The predicted molar refractivity (Wildman–Crippen MR) is 220 cm³/mol. The Labute approximate surface area is 306 Å². The van der Waals surface area contributed by atoms with Crippen LogP contribution in [0.1, 0.15) is 22.6 Å². The zero-order valence-electron chi connectivity index (χ0n) is 28.8. The lowest BCUT2D eigenvalue weighted by Crippen LogP contribution is -2.11. The molecule has 3 nitrogen and oxygen atoms in total. The molecular weight excluding hydrogens is 645 g/mol. The van der Waals surface area contributed by atoms with Gasteiger partial charge in [0.2, 0.25) is 0 Å². The number of hydrogen-bond acceptors (Lipinski definition) is 2. The summed E-state index contributed by atoms with van der Waals surface area (Å²) >= 11 is 0. The van der Waals surface area contributed by atoms with E-state index in [1.54, 1.807) is 0 Å². The number of hydrogen-bond donors (Lipinski definition) is 0. The van der Waals surface area contributed by atoms with Crippen molar-refractivity contribution in [2.24, 2.45) is 4.99 Å². The third kappa shape index (κ3) is 4.78. The van der Waals surface area contributed by atoms with Gasteiger partial charge < -0.3 is 8.98 Å². The van der Waals surface area contributed by atoms with E-state index in [1.165, 1.54) is 44.1 Å². The first-order valence-electron chi connectivity index (χ1n) is 18.2. The average molecular weight is 677 g/mol. The summed E-state index contributed by atoms with van der Waals surface area (Å²) in [5, 5.41) is 4.72. The van der Waals surface area contributed by atoms with Crippen LogP contribution in [0.3, 0.4) is 0 Å². The van der Waals surface area contributed by atoms with Gasteiger partial charge in [0.1, 0.15) is 11.2 Å². The first-order valence-corrected chi connectivity index (χ1v) is 18.2. The number of aromatic nitrogens is 1. The summed E-state index contributed by atoms with van der Waals surface area (Å²) in [6.45, 7) is 0. The van der Waals surface area contributed by atoms with E-state index in [9.17, 15) is 0 Å². The molecule has 1 aliphatic rings. The van der Waals surface area contributed by atoms with Crippen LogP contribution in [0.25, 0.3) is 71.7 Å². The summed E-state index contributed by atoms with van der Waals surface area (Å²) < 4.78 is 8.72. The number of rotatable bonds is 5. The predicted octanol–water partition coefficient (Wildman–Crippen LogP) is 13.3. The van der Waals surface area contributed by atoms with E-state index in [4.69, 9.17) is 9.41 Å². The van der Waals surface area contributed by atoms with E-state index < -0.39 is 0 Å². The fraction of sp³-hybridized carbons (Fsp3) is 0.0200. The van der Waals surface area contributed by atoms with E-state index in [1.807, 2.05) is 0 Å². The summed E-state index contributed by atoms with van der Waals surface area (Å²) in [6, 6.07) is 67.3. The molecule has 1 unspecified atom stereocenters. The lowest BCUT2D eigenvalue weighted by molar-refractivity contribution is 0.669. The molecule has 3 heterocycles. The van der Waals surface area contributed by atoms with Crippen molar-refractivity contribution >= 4 is 55.1 Å². The van der Waals surface area contributed by atoms with Gasteiger partial charge in [-0.1, -0.05) is 127 Å². The quantitative estimate of drug-likeness (QED) is 0.178. The van der Waals surface area contributed by atoms with Gasteiger partial charge in [-0.15, -0.1) is 0 Å². The molecule has 0 fully saturated rings. The third-order valence-corrected chi connectivity index (χ3v) is 10.9. The van der Waals surface area contributed by atoms with Crippen LogP contribution in [0.5, 0.6) is 0 Å². The minimum Gasteiger partial charge on any atom is -0.456 e. The maximum atomic E-state index is 6.37. The van der Waals surface area contributed by atoms with E-state index >= 15 is 0 Å². The van der Waals surface area contributed by atoms with Crippen LogP contribution in [0.4, 0.5) is 5.69 Å². The largest absolute Gasteiger partial charge is 0.456 e. The van der Waals surface area contributed by atoms with Gasteiger partial charge in [0.15, 0.2) is 0 Å². The SMILES string of the molecule is c1ccc(C2C(c3ccc(-c4ccc5oc6ccc(-c7ccc8c(c7)c7ccccc7n8-c7ccccc7)cc6c5c4)cc3)=Nc3ccccc32)cc1. The molecule has 0 saturated carbocycles. The average Bonchev–Trinajstić information content (AvgIpc) is 3.90. The summed E-state index contributed by atoms with van der Waals surface area (Å²) in [6.07, 6.45) is 0. The van der Waals surface area contributed by atoms with Crippen molar-refractivity contribution in [1.82, 2.24) is 4.57 Å². The summed E-state index contributed by atoms with van der Waals surface area (Å²) in [5.41, 5.74) is 15.8. The summed E-state index contributed by atoms with van der Waals surface area (Å²) in [7, 11) is 0. The fourth-order valence-corrected chi connectivity index (χ4v) is 8.37. The minimum absolute atomic E-state index is 0.115. The number of aliphatic imine (C=N–C) groups is 1. The van der Waals surface area contributed by atoms with Crippen molar-refractivity contribution in [2.75, 3.05) is 0 Å². The second kappa shape index (κ2) is 11.8. The van der Waals surface area contributed by atoms with Gasteiger partial charge in [0.25, 0.3) is 0 Å². The molecule has 0 amide bonds. The molecular formula is C50H32N2O. The van der Waals surface area contributed by atoms with Crippen molar-refractivity contribution in [3.05, 3.63) is 205 Å². The van der Waals surface area contributed by atoms with E-state index in [0.29, 0.717) is 0 Å². The Morgan fingerprint density at radius 3 is 1.72 bits per heavy atom. The molecule has 0 aliphatic carbocycles. The topological polar surface area (TPSA) is 30.4 Å². The standard InChI is InChI=1S/C50H32N2O/c1-3-11-33(12-4-1)49-40-16-7-9-17-44(40)51-50(49)34-21-19-32(20-22-34)35-24-27-47-42(30-35)43-31-37(25-28-48(43)53-47)36-23-26-46-41(29-36)39-15-8-10-18-45(39)52(46)38-13-5-2-6-14-38/h1-31,49H. The van der Waals surface area contributed by atoms with Crippen molar-refractivity contribution in [3.63, 3.8) is 0 Å². The highest BCUT2D eigenvalue weighted by molar-refractivity contribution is 6.13. The molecule has 11 rings (SSSR count). The highest BCUT2D eigenvalue weighted by Gasteiger charge is 2.29. The Hall–Kier alpha value is -6.97.